The van der Waals surface area contributed by atoms with Gasteiger partial charge in [-0.25, -0.2) is 8.78 Å². The monoisotopic (exact) mass is 258 g/mol. The number of aliphatic hydroxyl groups excluding tert-OH is 2. The molecule has 18 heavy (non-hydrogen) atoms. The molecule has 1 aromatic rings. The lowest BCUT2D eigenvalue weighted by atomic mass is 10.1. The van der Waals surface area contributed by atoms with E-state index in [1.807, 2.05) is 0 Å². The van der Waals surface area contributed by atoms with Gasteiger partial charge in [0.05, 0.1) is 12.2 Å². The first kappa shape index (κ1) is 12.7. The van der Waals surface area contributed by atoms with Crippen LogP contribution in [-0.2, 0) is 0 Å². The van der Waals surface area contributed by atoms with Crippen molar-refractivity contribution in [3.63, 3.8) is 0 Å². The largest absolute Gasteiger partial charge is 0.394 e. The molecule has 0 aliphatic carbocycles. The second-order valence-corrected chi connectivity index (χ2v) is 4.20. The van der Waals surface area contributed by atoms with Crippen LogP contribution in [0.25, 0.3) is 0 Å². The first-order valence-electron chi connectivity index (χ1n) is 5.30. The number of hydrogen-bond acceptors (Lipinski definition) is 4. The van der Waals surface area contributed by atoms with Gasteiger partial charge in [-0.2, -0.15) is 0 Å². The molecule has 1 saturated heterocycles. The van der Waals surface area contributed by atoms with Gasteiger partial charge in [0.1, 0.15) is 17.3 Å². The normalized spacial score (nSPS) is 23.4. The maximum atomic E-state index is 13.2. The van der Waals surface area contributed by atoms with Gasteiger partial charge in [-0.15, -0.1) is 0 Å². The van der Waals surface area contributed by atoms with E-state index in [9.17, 15) is 23.8 Å². The summed E-state index contributed by atoms with van der Waals surface area (Å²) < 4.78 is 26.4. The fraction of sp³-hybridized carbons (Fsp3) is 0.364. The van der Waals surface area contributed by atoms with Gasteiger partial charge in [-0.1, -0.05) is 0 Å². The number of benzene rings is 1. The van der Waals surface area contributed by atoms with Gasteiger partial charge >= 0.3 is 0 Å². The molecule has 2 unspecified atom stereocenters. The molecule has 1 heterocycles. The zero-order chi connectivity index (χ0) is 13.4. The minimum absolute atomic E-state index is 0.0758. The van der Waals surface area contributed by atoms with Crippen molar-refractivity contribution in [2.24, 2.45) is 0 Å². The number of carbonyl (C=O) groups is 1. The van der Waals surface area contributed by atoms with Crippen molar-refractivity contribution in [1.82, 2.24) is 4.90 Å². The van der Waals surface area contributed by atoms with E-state index in [0.29, 0.717) is 0 Å². The summed E-state index contributed by atoms with van der Waals surface area (Å²) in [5.41, 5.74) is 4.24. The molecule has 0 bridgehead atoms. The van der Waals surface area contributed by atoms with Crippen LogP contribution < -0.4 is 5.73 Å². The zero-order valence-corrected chi connectivity index (χ0v) is 9.31. The number of aliphatic hydroxyl groups is 2. The highest BCUT2D eigenvalue weighted by atomic mass is 19.1. The van der Waals surface area contributed by atoms with Crippen LogP contribution in [0.5, 0.6) is 0 Å². The highest BCUT2D eigenvalue weighted by Crippen LogP contribution is 2.20. The van der Waals surface area contributed by atoms with Gasteiger partial charge in [0.15, 0.2) is 0 Å². The summed E-state index contributed by atoms with van der Waals surface area (Å²) in [6.45, 7) is -0.152. The van der Waals surface area contributed by atoms with E-state index in [1.54, 1.807) is 0 Å². The number of carbonyl (C=O) groups excluding carboxylic acids is 1. The Kier molecular flexibility index (Phi) is 3.18. The predicted octanol–water partition coefficient (Wildman–Crippen LogP) is -0.275. The number of β-amino-alcohol motifs (C(OH)–C–C–N with tert-alkyl or cyclic N) is 2. The lowest BCUT2D eigenvalue weighted by Crippen LogP contribution is -2.30. The summed E-state index contributed by atoms with van der Waals surface area (Å²) in [6.07, 6.45) is -2.09. The Hall–Kier alpha value is -1.73. The summed E-state index contributed by atoms with van der Waals surface area (Å²) in [6, 6.07) is 1.66. The maximum Gasteiger partial charge on any atom is 0.254 e. The Labute approximate surface area is 101 Å². The number of amides is 1. The number of halogens is 2. The Balaban J connectivity index is 2.25. The standard InChI is InChI=1S/C11H12F2N2O3/c12-6-1-5(2-7(13)10(6)14)11(18)15-3-8(16)9(17)4-15/h1-2,8-9,16-17H,3-4,14H2. The van der Waals surface area contributed by atoms with Crippen molar-refractivity contribution in [3.05, 3.63) is 29.3 Å². The summed E-state index contributed by atoms with van der Waals surface area (Å²) in [5.74, 6) is -2.69. The van der Waals surface area contributed by atoms with E-state index in [0.717, 1.165) is 17.0 Å². The summed E-state index contributed by atoms with van der Waals surface area (Å²) in [5, 5.41) is 18.6. The Bertz CT molecular complexity index is 462. The van der Waals surface area contributed by atoms with Crippen molar-refractivity contribution in [2.45, 2.75) is 12.2 Å². The molecule has 98 valence electrons. The van der Waals surface area contributed by atoms with Crippen LogP contribution >= 0.6 is 0 Å². The van der Waals surface area contributed by atoms with E-state index in [-0.39, 0.29) is 18.7 Å². The third kappa shape index (κ3) is 2.14. The fourth-order valence-electron chi connectivity index (χ4n) is 1.83. The Morgan fingerprint density at radius 3 is 2.11 bits per heavy atom. The molecule has 0 aromatic heterocycles. The summed E-state index contributed by atoms with van der Waals surface area (Å²) in [4.78, 5) is 13.0. The Morgan fingerprint density at radius 1 is 1.22 bits per heavy atom. The molecule has 0 spiro atoms. The van der Waals surface area contributed by atoms with Gasteiger partial charge in [0, 0.05) is 18.7 Å². The molecule has 7 heteroatoms. The van der Waals surface area contributed by atoms with Crippen LogP contribution in [0.1, 0.15) is 10.4 Å². The molecule has 1 aliphatic heterocycles. The molecule has 5 nitrogen and oxygen atoms in total. The number of hydrogen-bond donors (Lipinski definition) is 3. The molecule has 0 saturated carbocycles. The summed E-state index contributed by atoms with van der Waals surface area (Å²) in [7, 11) is 0. The SMILES string of the molecule is Nc1c(F)cc(C(=O)N2CC(O)C(O)C2)cc1F. The van der Waals surface area contributed by atoms with Crippen molar-refractivity contribution in [2.75, 3.05) is 18.8 Å². The molecule has 0 radical (unpaired) electrons. The predicted molar refractivity (Wildman–Crippen MR) is 58.7 cm³/mol. The Morgan fingerprint density at radius 2 is 1.67 bits per heavy atom. The van der Waals surface area contributed by atoms with Crippen LogP contribution in [0.2, 0.25) is 0 Å². The van der Waals surface area contributed by atoms with Crippen molar-refractivity contribution in [1.29, 1.82) is 0 Å². The molecule has 2 rings (SSSR count). The number of nitrogens with zero attached hydrogens (tertiary/aromatic N) is 1. The van der Waals surface area contributed by atoms with Crippen molar-refractivity contribution < 1.29 is 23.8 Å². The van der Waals surface area contributed by atoms with Crippen LogP contribution in [0.4, 0.5) is 14.5 Å². The van der Waals surface area contributed by atoms with E-state index in [2.05, 4.69) is 0 Å². The highest BCUT2D eigenvalue weighted by molar-refractivity contribution is 5.94. The quantitative estimate of drug-likeness (QED) is 0.605. The molecule has 1 aromatic carbocycles. The van der Waals surface area contributed by atoms with Crippen LogP contribution in [0.3, 0.4) is 0 Å². The number of nitrogens with two attached hydrogens (primary N) is 1. The van der Waals surface area contributed by atoms with Crippen molar-refractivity contribution >= 4 is 11.6 Å². The second kappa shape index (κ2) is 4.51. The van der Waals surface area contributed by atoms with Crippen LogP contribution in [0.15, 0.2) is 12.1 Å². The van der Waals surface area contributed by atoms with Gasteiger partial charge in [0.2, 0.25) is 0 Å². The third-order valence-corrected chi connectivity index (χ3v) is 2.87. The van der Waals surface area contributed by atoms with Gasteiger partial charge in [0.25, 0.3) is 5.91 Å². The van der Waals surface area contributed by atoms with Gasteiger partial charge in [-0.05, 0) is 12.1 Å². The van der Waals surface area contributed by atoms with E-state index in [4.69, 9.17) is 5.73 Å². The van der Waals surface area contributed by atoms with E-state index < -0.39 is 35.4 Å². The fourth-order valence-corrected chi connectivity index (χ4v) is 1.83. The first-order valence-corrected chi connectivity index (χ1v) is 5.30. The summed E-state index contributed by atoms with van der Waals surface area (Å²) >= 11 is 0. The number of rotatable bonds is 1. The molecule has 1 amide bonds. The number of nitrogen functional groups attached to an aromatic ring is 1. The van der Waals surface area contributed by atoms with Crippen LogP contribution in [-0.4, -0.2) is 46.3 Å². The van der Waals surface area contributed by atoms with Gasteiger partial charge < -0.3 is 20.8 Å². The molecule has 1 fully saturated rings. The van der Waals surface area contributed by atoms with Crippen molar-refractivity contribution in [3.8, 4) is 0 Å². The average molecular weight is 258 g/mol. The smallest absolute Gasteiger partial charge is 0.254 e. The number of likely N-dealkylation sites (tertiary alicyclic amines) is 1. The second-order valence-electron chi connectivity index (χ2n) is 4.20. The molecule has 1 aliphatic rings. The lowest BCUT2D eigenvalue weighted by Gasteiger charge is -2.15. The molecule has 2 atom stereocenters. The topological polar surface area (TPSA) is 86.8 Å². The minimum Gasteiger partial charge on any atom is -0.394 e. The molecular weight excluding hydrogens is 246 g/mol. The van der Waals surface area contributed by atoms with E-state index in [1.165, 1.54) is 0 Å². The lowest BCUT2D eigenvalue weighted by molar-refractivity contribution is 0.0572. The third-order valence-electron chi connectivity index (χ3n) is 2.87. The van der Waals surface area contributed by atoms with Crippen LogP contribution in [0, 0.1) is 11.6 Å². The first-order chi connectivity index (χ1) is 8.40. The highest BCUT2D eigenvalue weighted by Gasteiger charge is 2.33. The van der Waals surface area contributed by atoms with E-state index >= 15 is 0 Å². The average Bonchev–Trinajstić information content (AvgIpc) is 2.65. The minimum atomic E-state index is -1.04. The zero-order valence-electron chi connectivity index (χ0n) is 9.31. The molecular formula is C11H12F2N2O3. The number of anilines is 1. The maximum absolute atomic E-state index is 13.2. The van der Waals surface area contributed by atoms with Gasteiger partial charge in [-0.3, -0.25) is 4.79 Å². The molecule has 4 N–H and O–H groups in total.